The first-order valence-electron chi connectivity index (χ1n) is 9.04. The van der Waals surface area contributed by atoms with Crippen LogP contribution in [-0.2, 0) is 4.79 Å². The van der Waals surface area contributed by atoms with Gasteiger partial charge in [0.1, 0.15) is 11.6 Å². The van der Waals surface area contributed by atoms with E-state index in [1.54, 1.807) is 36.4 Å². The van der Waals surface area contributed by atoms with Gasteiger partial charge in [0.05, 0.1) is 12.7 Å². The third kappa shape index (κ3) is 6.47. The summed E-state index contributed by atoms with van der Waals surface area (Å²) >= 11 is 3.32. The van der Waals surface area contributed by atoms with Crippen molar-refractivity contribution in [1.82, 2.24) is 5.32 Å². The lowest BCUT2D eigenvalue weighted by Gasteiger charge is -2.10. The topological polar surface area (TPSA) is 88.4 Å². The monoisotopic (exact) mass is 456 g/mol. The number of rotatable bonds is 8. The van der Waals surface area contributed by atoms with Gasteiger partial charge in [-0.25, -0.2) is 4.79 Å². The van der Waals surface area contributed by atoms with Crippen molar-refractivity contribution in [3.63, 3.8) is 0 Å². The van der Waals surface area contributed by atoms with Crippen LogP contribution in [0, 0.1) is 11.3 Å². The molecule has 6 nitrogen and oxygen atoms in total. The summed E-state index contributed by atoms with van der Waals surface area (Å²) in [5, 5.41) is 12.0. The molecular weight excluding hydrogens is 436 g/mol. The molecule has 0 fully saturated rings. The molecule has 0 saturated heterocycles. The molecule has 0 radical (unpaired) electrons. The maximum atomic E-state index is 12.4. The predicted octanol–water partition coefficient (Wildman–Crippen LogP) is 4.50. The lowest BCUT2D eigenvalue weighted by molar-refractivity contribution is -0.117. The van der Waals surface area contributed by atoms with E-state index in [1.165, 1.54) is 13.2 Å². The Hall–Kier alpha value is -3.11. The standard InChI is InChI=1S/C22H21BrN2O4/c1-3-4-10-25-21(26)17(14-24)11-15-8-9-19(20(12-15)28-2)29-22(27)16-6-5-7-18(23)13-16/h5-9,11-13H,3-4,10H2,1-2H3,(H,25,26)/b17-11+. The molecule has 150 valence electrons. The minimum atomic E-state index is -0.527. The van der Waals surface area contributed by atoms with Crippen LogP contribution in [0.5, 0.6) is 11.5 Å². The number of nitrogens with zero attached hydrogens (tertiary/aromatic N) is 1. The first-order chi connectivity index (χ1) is 14.0. The van der Waals surface area contributed by atoms with Gasteiger partial charge in [0.2, 0.25) is 0 Å². The van der Waals surface area contributed by atoms with Crippen molar-refractivity contribution in [2.75, 3.05) is 13.7 Å². The molecule has 0 heterocycles. The zero-order valence-corrected chi connectivity index (χ0v) is 17.8. The van der Waals surface area contributed by atoms with Gasteiger partial charge in [0, 0.05) is 11.0 Å². The van der Waals surface area contributed by atoms with Crippen LogP contribution < -0.4 is 14.8 Å². The highest BCUT2D eigenvalue weighted by molar-refractivity contribution is 9.10. The second-order valence-corrected chi connectivity index (χ2v) is 7.01. The van der Waals surface area contributed by atoms with Gasteiger partial charge >= 0.3 is 5.97 Å². The molecule has 0 saturated carbocycles. The molecule has 0 aromatic heterocycles. The smallest absolute Gasteiger partial charge is 0.343 e. The number of hydrogen-bond acceptors (Lipinski definition) is 5. The summed E-state index contributed by atoms with van der Waals surface area (Å²) in [5.74, 6) is -0.405. The van der Waals surface area contributed by atoms with Crippen molar-refractivity contribution in [2.24, 2.45) is 0 Å². The Balaban J connectivity index is 2.20. The van der Waals surface area contributed by atoms with Crippen molar-refractivity contribution >= 4 is 33.9 Å². The average molecular weight is 457 g/mol. The second kappa shape index (κ2) is 11.0. The van der Waals surface area contributed by atoms with E-state index in [2.05, 4.69) is 21.2 Å². The van der Waals surface area contributed by atoms with E-state index < -0.39 is 11.9 Å². The number of ether oxygens (including phenoxy) is 2. The van der Waals surface area contributed by atoms with Gasteiger partial charge in [-0.15, -0.1) is 0 Å². The lowest BCUT2D eigenvalue weighted by Crippen LogP contribution is -2.25. The average Bonchev–Trinajstić information content (AvgIpc) is 2.72. The van der Waals surface area contributed by atoms with E-state index >= 15 is 0 Å². The van der Waals surface area contributed by atoms with Gasteiger partial charge < -0.3 is 14.8 Å². The lowest BCUT2D eigenvalue weighted by atomic mass is 10.1. The quantitative estimate of drug-likeness (QED) is 0.207. The largest absolute Gasteiger partial charge is 0.493 e. The summed E-state index contributed by atoms with van der Waals surface area (Å²) in [6, 6.07) is 13.6. The Bertz CT molecular complexity index is 964. The van der Waals surface area contributed by atoms with E-state index in [0.717, 1.165) is 17.3 Å². The van der Waals surface area contributed by atoms with Crippen LogP contribution >= 0.6 is 15.9 Å². The SMILES string of the molecule is CCCCNC(=O)/C(C#N)=C/c1ccc(OC(=O)c2cccc(Br)c2)c(OC)c1. The molecule has 1 amide bonds. The van der Waals surface area contributed by atoms with Crippen molar-refractivity contribution < 1.29 is 19.1 Å². The number of benzene rings is 2. The molecule has 2 rings (SSSR count). The molecule has 0 atom stereocenters. The summed E-state index contributed by atoms with van der Waals surface area (Å²) in [7, 11) is 1.45. The van der Waals surface area contributed by atoms with Crippen LogP contribution in [0.1, 0.15) is 35.7 Å². The predicted molar refractivity (Wildman–Crippen MR) is 114 cm³/mol. The number of halogens is 1. The Morgan fingerprint density at radius 3 is 2.66 bits per heavy atom. The van der Waals surface area contributed by atoms with Crippen LogP contribution in [0.2, 0.25) is 0 Å². The minimum Gasteiger partial charge on any atom is -0.493 e. The molecule has 0 unspecified atom stereocenters. The Labute approximate surface area is 178 Å². The number of unbranched alkanes of at least 4 members (excludes halogenated alkanes) is 1. The fourth-order valence-electron chi connectivity index (χ4n) is 2.42. The van der Waals surface area contributed by atoms with Crippen LogP contribution in [0.4, 0.5) is 0 Å². The van der Waals surface area contributed by atoms with Crippen molar-refractivity contribution in [1.29, 1.82) is 5.26 Å². The first kappa shape index (κ1) is 22.2. The number of nitrogens with one attached hydrogen (secondary N) is 1. The Morgan fingerprint density at radius 1 is 1.21 bits per heavy atom. The van der Waals surface area contributed by atoms with Crippen LogP contribution in [0.3, 0.4) is 0 Å². The Morgan fingerprint density at radius 2 is 2.00 bits per heavy atom. The first-order valence-corrected chi connectivity index (χ1v) is 9.83. The van der Waals surface area contributed by atoms with Gasteiger partial charge in [-0.1, -0.05) is 41.4 Å². The summed E-state index contributed by atoms with van der Waals surface area (Å²) in [5.41, 5.74) is 0.953. The van der Waals surface area contributed by atoms with Crippen molar-refractivity contribution in [2.45, 2.75) is 19.8 Å². The molecule has 2 aromatic carbocycles. The number of nitriles is 1. The second-order valence-electron chi connectivity index (χ2n) is 6.09. The summed E-state index contributed by atoms with van der Waals surface area (Å²) in [6.07, 6.45) is 3.25. The Kier molecular flexibility index (Phi) is 8.44. The van der Waals surface area contributed by atoms with Gasteiger partial charge in [-0.3, -0.25) is 4.79 Å². The van der Waals surface area contributed by atoms with Crippen LogP contribution in [-0.4, -0.2) is 25.5 Å². The number of amides is 1. The zero-order chi connectivity index (χ0) is 21.2. The fourth-order valence-corrected chi connectivity index (χ4v) is 2.82. The van der Waals surface area contributed by atoms with Gasteiger partial charge in [0.25, 0.3) is 5.91 Å². The van der Waals surface area contributed by atoms with Gasteiger partial charge in [0.15, 0.2) is 11.5 Å². The molecule has 1 N–H and O–H groups in total. The van der Waals surface area contributed by atoms with E-state index in [9.17, 15) is 14.9 Å². The fraction of sp³-hybridized carbons (Fsp3) is 0.227. The highest BCUT2D eigenvalue weighted by Crippen LogP contribution is 2.30. The van der Waals surface area contributed by atoms with E-state index in [-0.39, 0.29) is 11.3 Å². The molecule has 0 aliphatic heterocycles. The summed E-state index contributed by atoms with van der Waals surface area (Å²) < 4.78 is 11.5. The summed E-state index contributed by atoms with van der Waals surface area (Å²) in [6.45, 7) is 2.53. The molecule has 0 bridgehead atoms. The number of carbonyl (C=O) groups excluding carboxylic acids is 2. The normalized spacial score (nSPS) is 10.8. The minimum absolute atomic E-state index is 0.0120. The van der Waals surface area contributed by atoms with Gasteiger partial charge in [-0.05, 0) is 48.4 Å². The molecule has 7 heteroatoms. The number of esters is 1. The van der Waals surface area contributed by atoms with E-state index in [1.807, 2.05) is 19.1 Å². The van der Waals surface area contributed by atoms with E-state index in [0.29, 0.717) is 23.4 Å². The molecule has 2 aromatic rings. The maximum Gasteiger partial charge on any atom is 0.343 e. The van der Waals surface area contributed by atoms with Crippen LogP contribution in [0.25, 0.3) is 6.08 Å². The number of carbonyl (C=O) groups is 2. The maximum absolute atomic E-state index is 12.4. The third-order valence-electron chi connectivity index (χ3n) is 3.94. The molecular formula is C22H21BrN2O4. The highest BCUT2D eigenvalue weighted by Gasteiger charge is 2.14. The molecule has 29 heavy (non-hydrogen) atoms. The number of methoxy groups -OCH3 is 1. The molecule has 0 aliphatic rings. The number of hydrogen-bond donors (Lipinski definition) is 1. The summed E-state index contributed by atoms with van der Waals surface area (Å²) in [4.78, 5) is 24.4. The zero-order valence-electron chi connectivity index (χ0n) is 16.2. The molecule has 0 spiro atoms. The van der Waals surface area contributed by atoms with Crippen LogP contribution in [0.15, 0.2) is 52.5 Å². The van der Waals surface area contributed by atoms with Crippen molar-refractivity contribution in [3.8, 4) is 17.6 Å². The van der Waals surface area contributed by atoms with Crippen molar-refractivity contribution in [3.05, 3.63) is 63.6 Å². The highest BCUT2D eigenvalue weighted by atomic mass is 79.9. The van der Waals surface area contributed by atoms with Gasteiger partial charge in [-0.2, -0.15) is 5.26 Å². The third-order valence-corrected chi connectivity index (χ3v) is 4.44. The molecule has 0 aliphatic carbocycles. The van der Waals surface area contributed by atoms with E-state index in [4.69, 9.17) is 9.47 Å².